The summed E-state index contributed by atoms with van der Waals surface area (Å²) in [6.07, 6.45) is 8.24. The van der Waals surface area contributed by atoms with E-state index in [1.807, 2.05) is 0 Å². The average Bonchev–Trinajstić information content (AvgIpc) is 3.44. The maximum atomic E-state index is 2.82. The molecule has 0 radical (unpaired) electrons. The zero-order chi connectivity index (χ0) is 47.5. The van der Waals surface area contributed by atoms with Gasteiger partial charge in [0.15, 0.2) is 0 Å². The first kappa shape index (κ1) is 40.4. The summed E-state index contributed by atoms with van der Waals surface area (Å²) in [6, 6.07) is 74.1. The van der Waals surface area contributed by atoms with E-state index in [9.17, 15) is 0 Å². The van der Waals surface area contributed by atoms with Gasteiger partial charge in [-0.1, -0.05) is 158 Å². The Morgan fingerprint density at radius 3 is 1.65 bits per heavy atom. The quantitative estimate of drug-likeness (QED) is 0.154. The summed E-state index contributed by atoms with van der Waals surface area (Å²) in [6.45, 7) is 6.69. The molecule has 0 spiro atoms. The van der Waals surface area contributed by atoms with Crippen LogP contribution in [0.1, 0.15) is 25.0 Å². The van der Waals surface area contributed by atoms with Crippen LogP contribution in [0.2, 0.25) is 0 Å². The SMILES string of the molecule is CCc1ccc(N(c2ccc(C)cc2)c2cc3c4c(c2)N(c2ccccc2)B2c5ccccc5N5c6c2c-4c2c4c6B(C6=CC=CC(C)C65)c5ccccc5N4c4ccccc4B2N3c2ccccc2)cc1. The molecule has 0 aromatic heterocycles. The fourth-order valence-corrected chi connectivity index (χ4v) is 14.2. The smallest absolute Gasteiger partial charge is 0.333 e. The average molecular weight is 920 g/mol. The Hall–Kier alpha value is -8.35. The summed E-state index contributed by atoms with van der Waals surface area (Å²) in [5.41, 5.74) is 29.8. The van der Waals surface area contributed by atoms with Crippen molar-refractivity contribution in [2.75, 3.05) is 24.3 Å². The molecule has 0 bridgehead atoms. The summed E-state index contributed by atoms with van der Waals surface area (Å²) in [5, 5.41) is 0. The van der Waals surface area contributed by atoms with Gasteiger partial charge in [0.1, 0.15) is 0 Å². The molecule has 7 aliphatic rings. The fraction of sp³-hybridized carbons (Fsp3) is 0.0938. The van der Waals surface area contributed by atoms with Crippen LogP contribution in [0.15, 0.2) is 218 Å². The highest BCUT2D eigenvalue weighted by Crippen LogP contribution is 2.58. The molecular weight excluding hydrogens is 871 g/mol. The number of rotatable bonds is 6. The van der Waals surface area contributed by atoms with Crippen LogP contribution in [0, 0.1) is 12.8 Å². The van der Waals surface area contributed by atoms with Gasteiger partial charge < -0.3 is 24.3 Å². The molecule has 6 heterocycles. The van der Waals surface area contributed by atoms with E-state index in [-0.39, 0.29) is 32.4 Å². The molecule has 0 amide bonds. The number of fused-ring (bicyclic) bond motifs is 12. The van der Waals surface area contributed by atoms with Crippen LogP contribution in [0.25, 0.3) is 11.1 Å². The van der Waals surface area contributed by atoms with Gasteiger partial charge in [0.05, 0.1) is 11.7 Å². The fourth-order valence-electron chi connectivity index (χ4n) is 14.2. The van der Waals surface area contributed by atoms with Crippen LogP contribution in [0.5, 0.6) is 0 Å². The summed E-state index contributed by atoms with van der Waals surface area (Å²) in [5.74, 6) is 0.285. The monoisotopic (exact) mass is 919 g/mol. The minimum absolute atomic E-state index is 0.0807. The van der Waals surface area contributed by atoms with Crippen molar-refractivity contribution in [1.29, 1.82) is 0 Å². The number of anilines is 12. The first-order chi connectivity index (χ1) is 35.6. The van der Waals surface area contributed by atoms with Crippen molar-refractivity contribution in [2.24, 2.45) is 5.92 Å². The molecule has 1 aliphatic carbocycles. The Morgan fingerprint density at radius 2 is 1.03 bits per heavy atom. The Labute approximate surface area is 422 Å². The Balaban J connectivity index is 1.12. The van der Waals surface area contributed by atoms with Gasteiger partial charge in [-0.2, -0.15) is 0 Å². The van der Waals surface area contributed by atoms with E-state index in [0.717, 1.165) is 23.5 Å². The highest BCUT2D eigenvalue weighted by atomic mass is 15.2. The number of aryl methyl sites for hydroxylation is 2. The van der Waals surface area contributed by atoms with Gasteiger partial charge in [-0.3, -0.25) is 0 Å². The van der Waals surface area contributed by atoms with Crippen molar-refractivity contribution in [3.63, 3.8) is 0 Å². The van der Waals surface area contributed by atoms with Crippen molar-refractivity contribution in [2.45, 2.75) is 33.2 Å². The predicted octanol–water partition coefficient (Wildman–Crippen LogP) is 11.4. The van der Waals surface area contributed by atoms with E-state index < -0.39 is 0 Å². The van der Waals surface area contributed by atoms with Crippen molar-refractivity contribution in [3.05, 3.63) is 229 Å². The molecular formula is C64H48B3N5. The van der Waals surface area contributed by atoms with E-state index >= 15 is 0 Å². The van der Waals surface area contributed by atoms with Gasteiger partial charge >= 0.3 is 13.7 Å². The zero-order valence-corrected chi connectivity index (χ0v) is 40.5. The second-order valence-corrected chi connectivity index (χ2v) is 20.7. The van der Waals surface area contributed by atoms with Crippen LogP contribution in [-0.4, -0.2) is 26.4 Å². The summed E-state index contributed by atoms with van der Waals surface area (Å²) < 4.78 is 0. The Kier molecular flexibility index (Phi) is 8.33. The predicted molar refractivity (Wildman–Crippen MR) is 306 cm³/mol. The van der Waals surface area contributed by atoms with E-state index in [2.05, 4.69) is 257 Å². The van der Waals surface area contributed by atoms with Crippen molar-refractivity contribution in [3.8, 4) is 11.1 Å². The van der Waals surface area contributed by atoms with Crippen molar-refractivity contribution < 1.29 is 0 Å². The maximum absolute atomic E-state index is 2.82. The van der Waals surface area contributed by atoms with Gasteiger partial charge in [0, 0.05) is 68.1 Å². The van der Waals surface area contributed by atoms with Crippen LogP contribution >= 0.6 is 0 Å². The lowest BCUT2D eigenvalue weighted by molar-refractivity contribution is 0.597. The molecule has 338 valence electrons. The minimum Gasteiger partial charge on any atom is -0.376 e. The number of hydrogen-bond donors (Lipinski definition) is 0. The lowest BCUT2D eigenvalue weighted by atomic mass is 9.27. The lowest BCUT2D eigenvalue weighted by Crippen LogP contribution is -2.75. The number of benzene rings is 9. The summed E-state index contributed by atoms with van der Waals surface area (Å²) >= 11 is 0. The molecule has 8 heteroatoms. The van der Waals surface area contributed by atoms with Gasteiger partial charge in [-0.15, -0.1) is 0 Å². The second kappa shape index (κ2) is 14.8. The molecule has 0 fully saturated rings. The third-order valence-corrected chi connectivity index (χ3v) is 17.1. The Bertz CT molecular complexity index is 3820. The number of nitrogens with zero attached hydrogens (tertiary/aromatic N) is 5. The molecule has 9 aromatic carbocycles. The first-order valence-corrected chi connectivity index (χ1v) is 25.9. The van der Waals surface area contributed by atoms with E-state index in [0.29, 0.717) is 0 Å². The van der Waals surface area contributed by atoms with E-state index in [1.165, 1.54) is 112 Å². The topological polar surface area (TPSA) is 16.2 Å². The Morgan fingerprint density at radius 1 is 0.500 bits per heavy atom. The van der Waals surface area contributed by atoms with Gasteiger partial charge in [-0.05, 0) is 142 Å². The number of allylic oxidation sites excluding steroid dienone is 2. The molecule has 0 N–H and O–H groups in total. The highest BCUT2D eigenvalue weighted by molar-refractivity contribution is 7.03. The largest absolute Gasteiger partial charge is 0.376 e. The molecule has 2 atom stereocenters. The number of hydrogen-bond acceptors (Lipinski definition) is 5. The standard InChI is InChI=1S/C64H48B3N5/c1-4-42-32-36-44(37-33-42)68(43-34-30-40(2)31-35-43)47-38-55-57-56(39-47)72(46-21-9-6-10-22-46)67-50-25-13-16-29-54(50)70-62-41(3)18-17-26-51(62)65-48-23-11-14-27-52(48)69-53-28-15-12-24-49(53)66(71(55)45-19-7-5-8-20-45)59-58(57)60(67)64(70)61(65)63(59)69/h5-39,41,62H,4H2,1-3H3. The maximum Gasteiger partial charge on any atom is 0.333 e. The van der Waals surface area contributed by atoms with Crippen LogP contribution in [0.4, 0.5) is 68.2 Å². The van der Waals surface area contributed by atoms with Crippen LogP contribution < -0.4 is 57.1 Å². The highest BCUT2D eigenvalue weighted by Gasteiger charge is 2.60. The summed E-state index contributed by atoms with van der Waals surface area (Å²) in [7, 11) is 0. The molecule has 72 heavy (non-hydrogen) atoms. The van der Waals surface area contributed by atoms with Crippen LogP contribution in [-0.2, 0) is 6.42 Å². The molecule has 16 rings (SSSR count). The van der Waals surface area contributed by atoms with Gasteiger partial charge in [0.2, 0.25) is 6.71 Å². The lowest BCUT2D eigenvalue weighted by Gasteiger charge is -2.59. The van der Waals surface area contributed by atoms with Crippen molar-refractivity contribution in [1.82, 2.24) is 0 Å². The third kappa shape index (κ3) is 5.21. The van der Waals surface area contributed by atoms with Crippen LogP contribution in [0.3, 0.4) is 0 Å². The molecule has 6 aliphatic heterocycles. The molecule has 2 unspecified atom stereocenters. The molecule has 0 saturated heterocycles. The summed E-state index contributed by atoms with van der Waals surface area (Å²) in [4.78, 5) is 13.4. The zero-order valence-electron chi connectivity index (χ0n) is 40.5. The van der Waals surface area contributed by atoms with Crippen molar-refractivity contribution >= 4 is 121 Å². The van der Waals surface area contributed by atoms with Gasteiger partial charge in [-0.25, -0.2) is 0 Å². The minimum atomic E-state index is -0.129. The first-order valence-electron chi connectivity index (χ1n) is 25.9. The second-order valence-electron chi connectivity index (χ2n) is 20.7. The molecule has 9 aromatic rings. The van der Waals surface area contributed by atoms with E-state index in [1.54, 1.807) is 0 Å². The third-order valence-electron chi connectivity index (χ3n) is 17.1. The van der Waals surface area contributed by atoms with Gasteiger partial charge in [0.25, 0.3) is 0 Å². The molecule has 5 nitrogen and oxygen atoms in total. The normalized spacial score (nSPS) is 17.3. The molecule has 0 saturated carbocycles. The van der Waals surface area contributed by atoms with E-state index in [4.69, 9.17) is 0 Å². The number of para-hydroxylation sites is 5.